The first-order valence-electron chi connectivity index (χ1n) is 8.10. The Kier molecular flexibility index (Phi) is 7.96. The van der Waals surface area contributed by atoms with Crippen molar-refractivity contribution in [1.82, 2.24) is 10.2 Å². The molecular formula is C16H34N2O. The predicted molar refractivity (Wildman–Crippen MR) is 82.7 cm³/mol. The predicted octanol–water partition coefficient (Wildman–Crippen LogP) is 3.05. The summed E-state index contributed by atoms with van der Waals surface area (Å²) in [7, 11) is 0. The van der Waals surface area contributed by atoms with E-state index in [-0.39, 0.29) is 5.54 Å². The Morgan fingerprint density at radius 3 is 2.74 bits per heavy atom. The standard InChI is InChI=1S/C16H34N2O/c1-5-13-19-15-9-8-12-18(14-15)11-7-6-10-17-16(2,3)4/h15,17H,5-14H2,1-4H3. The summed E-state index contributed by atoms with van der Waals surface area (Å²) in [4.78, 5) is 2.58. The first-order valence-corrected chi connectivity index (χ1v) is 8.10. The Morgan fingerprint density at radius 1 is 1.26 bits per heavy atom. The fourth-order valence-corrected chi connectivity index (χ4v) is 2.56. The second-order valence-electron chi connectivity index (χ2n) is 6.82. The van der Waals surface area contributed by atoms with E-state index in [1.165, 1.54) is 38.8 Å². The highest BCUT2D eigenvalue weighted by molar-refractivity contribution is 4.74. The number of piperidine rings is 1. The minimum atomic E-state index is 0.254. The zero-order valence-electron chi connectivity index (χ0n) is 13.5. The molecule has 1 fully saturated rings. The summed E-state index contributed by atoms with van der Waals surface area (Å²) in [6.45, 7) is 14.6. The lowest BCUT2D eigenvalue weighted by molar-refractivity contribution is -0.000333. The van der Waals surface area contributed by atoms with E-state index >= 15 is 0 Å². The zero-order chi connectivity index (χ0) is 14.1. The van der Waals surface area contributed by atoms with Gasteiger partial charge in [-0.3, -0.25) is 0 Å². The molecule has 1 atom stereocenters. The van der Waals surface area contributed by atoms with E-state index < -0.39 is 0 Å². The van der Waals surface area contributed by atoms with Crippen LogP contribution in [0.2, 0.25) is 0 Å². The molecule has 3 nitrogen and oxygen atoms in total. The van der Waals surface area contributed by atoms with Crippen LogP contribution < -0.4 is 5.32 Å². The van der Waals surface area contributed by atoms with Crippen LogP contribution in [0.15, 0.2) is 0 Å². The molecule has 1 saturated heterocycles. The number of likely N-dealkylation sites (tertiary alicyclic amines) is 1. The second-order valence-corrected chi connectivity index (χ2v) is 6.82. The summed E-state index contributed by atoms with van der Waals surface area (Å²) >= 11 is 0. The summed E-state index contributed by atoms with van der Waals surface area (Å²) in [6.07, 6.45) is 6.74. The van der Waals surface area contributed by atoms with Gasteiger partial charge in [-0.25, -0.2) is 0 Å². The number of hydrogen-bond donors (Lipinski definition) is 1. The molecule has 0 saturated carbocycles. The molecule has 0 bridgehead atoms. The highest BCUT2D eigenvalue weighted by atomic mass is 16.5. The molecule has 19 heavy (non-hydrogen) atoms. The Labute approximate surface area is 120 Å². The van der Waals surface area contributed by atoms with E-state index in [1.54, 1.807) is 0 Å². The fraction of sp³-hybridized carbons (Fsp3) is 1.00. The van der Waals surface area contributed by atoms with Gasteiger partial charge in [-0.15, -0.1) is 0 Å². The molecule has 0 amide bonds. The molecule has 0 aromatic rings. The van der Waals surface area contributed by atoms with Gasteiger partial charge in [0.15, 0.2) is 0 Å². The molecule has 0 aromatic heterocycles. The van der Waals surface area contributed by atoms with Gasteiger partial charge in [0.2, 0.25) is 0 Å². The van der Waals surface area contributed by atoms with Crippen LogP contribution in [-0.4, -0.2) is 49.3 Å². The summed E-state index contributed by atoms with van der Waals surface area (Å²) in [6, 6.07) is 0. The third-order valence-corrected chi connectivity index (χ3v) is 3.58. The molecule has 1 unspecified atom stereocenters. The van der Waals surface area contributed by atoms with E-state index in [1.807, 2.05) is 0 Å². The lowest BCUT2D eigenvalue weighted by Gasteiger charge is -2.32. The van der Waals surface area contributed by atoms with Gasteiger partial charge in [-0.1, -0.05) is 6.92 Å². The van der Waals surface area contributed by atoms with Crippen molar-refractivity contribution in [3.63, 3.8) is 0 Å². The Morgan fingerprint density at radius 2 is 2.05 bits per heavy atom. The maximum atomic E-state index is 5.88. The molecule has 0 aromatic carbocycles. The number of ether oxygens (including phenoxy) is 1. The van der Waals surface area contributed by atoms with Crippen LogP contribution in [0.1, 0.15) is 59.8 Å². The quantitative estimate of drug-likeness (QED) is 0.686. The normalized spacial score (nSPS) is 21.8. The number of nitrogens with zero attached hydrogens (tertiary/aromatic N) is 1. The van der Waals surface area contributed by atoms with Crippen molar-refractivity contribution in [3.05, 3.63) is 0 Å². The second kappa shape index (κ2) is 8.93. The number of hydrogen-bond acceptors (Lipinski definition) is 3. The molecule has 1 aliphatic heterocycles. The maximum absolute atomic E-state index is 5.88. The van der Waals surface area contributed by atoms with E-state index in [2.05, 4.69) is 37.9 Å². The highest BCUT2D eigenvalue weighted by Crippen LogP contribution is 2.14. The lowest BCUT2D eigenvalue weighted by atomic mass is 10.1. The van der Waals surface area contributed by atoms with Gasteiger partial charge in [0.05, 0.1) is 6.10 Å². The van der Waals surface area contributed by atoms with Crippen LogP contribution in [0.5, 0.6) is 0 Å². The van der Waals surface area contributed by atoms with Crippen LogP contribution in [0, 0.1) is 0 Å². The monoisotopic (exact) mass is 270 g/mol. The van der Waals surface area contributed by atoms with Gasteiger partial charge in [-0.05, 0) is 72.5 Å². The molecule has 114 valence electrons. The molecule has 3 heteroatoms. The average molecular weight is 270 g/mol. The van der Waals surface area contributed by atoms with Gasteiger partial charge in [0.1, 0.15) is 0 Å². The first kappa shape index (κ1) is 16.9. The Hall–Kier alpha value is -0.120. The molecule has 1 N–H and O–H groups in total. The number of rotatable bonds is 8. The molecule has 0 spiro atoms. The molecule has 1 aliphatic rings. The van der Waals surface area contributed by atoms with Crippen molar-refractivity contribution in [2.24, 2.45) is 0 Å². The number of nitrogens with one attached hydrogen (secondary N) is 1. The Balaban J connectivity index is 2.05. The van der Waals surface area contributed by atoms with E-state index in [0.717, 1.165) is 26.1 Å². The van der Waals surface area contributed by atoms with Gasteiger partial charge >= 0.3 is 0 Å². The molecule has 1 heterocycles. The number of unbranched alkanes of at least 4 members (excludes halogenated alkanes) is 1. The first-order chi connectivity index (χ1) is 9.01. The van der Waals surface area contributed by atoms with Crippen molar-refractivity contribution in [3.8, 4) is 0 Å². The van der Waals surface area contributed by atoms with E-state index in [0.29, 0.717) is 6.10 Å². The summed E-state index contributed by atoms with van der Waals surface area (Å²) < 4.78 is 5.88. The molecule has 0 radical (unpaired) electrons. The summed E-state index contributed by atoms with van der Waals surface area (Å²) in [5.74, 6) is 0. The third-order valence-electron chi connectivity index (χ3n) is 3.58. The maximum Gasteiger partial charge on any atom is 0.0702 e. The van der Waals surface area contributed by atoms with Gasteiger partial charge in [-0.2, -0.15) is 0 Å². The van der Waals surface area contributed by atoms with Crippen LogP contribution in [-0.2, 0) is 4.74 Å². The topological polar surface area (TPSA) is 24.5 Å². The van der Waals surface area contributed by atoms with Crippen molar-refractivity contribution in [1.29, 1.82) is 0 Å². The largest absolute Gasteiger partial charge is 0.377 e. The fourth-order valence-electron chi connectivity index (χ4n) is 2.56. The van der Waals surface area contributed by atoms with Crippen LogP contribution >= 0.6 is 0 Å². The van der Waals surface area contributed by atoms with Gasteiger partial charge in [0.25, 0.3) is 0 Å². The molecule has 0 aliphatic carbocycles. The van der Waals surface area contributed by atoms with E-state index in [4.69, 9.17) is 4.74 Å². The summed E-state index contributed by atoms with van der Waals surface area (Å²) in [5, 5.41) is 3.55. The van der Waals surface area contributed by atoms with Crippen LogP contribution in [0.25, 0.3) is 0 Å². The van der Waals surface area contributed by atoms with Gasteiger partial charge in [0, 0.05) is 18.7 Å². The van der Waals surface area contributed by atoms with Crippen molar-refractivity contribution in [2.45, 2.75) is 71.4 Å². The smallest absolute Gasteiger partial charge is 0.0702 e. The Bertz CT molecular complexity index is 225. The van der Waals surface area contributed by atoms with Gasteiger partial charge < -0.3 is 15.0 Å². The minimum absolute atomic E-state index is 0.254. The third kappa shape index (κ3) is 8.61. The van der Waals surface area contributed by atoms with E-state index in [9.17, 15) is 0 Å². The zero-order valence-corrected chi connectivity index (χ0v) is 13.5. The van der Waals surface area contributed by atoms with Crippen molar-refractivity contribution < 1.29 is 4.74 Å². The SMILES string of the molecule is CCCOC1CCCN(CCCCNC(C)(C)C)C1. The summed E-state index contributed by atoms with van der Waals surface area (Å²) in [5.41, 5.74) is 0.254. The average Bonchev–Trinajstić information content (AvgIpc) is 2.35. The van der Waals surface area contributed by atoms with Crippen LogP contribution in [0.4, 0.5) is 0 Å². The minimum Gasteiger partial charge on any atom is -0.377 e. The highest BCUT2D eigenvalue weighted by Gasteiger charge is 2.19. The molecule has 1 rings (SSSR count). The molecular weight excluding hydrogens is 236 g/mol. The van der Waals surface area contributed by atoms with Crippen molar-refractivity contribution in [2.75, 3.05) is 32.8 Å². The lowest BCUT2D eigenvalue weighted by Crippen LogP contribution is -2.40. The van der Waals surface area contributed by atoms with Crippen molar-refractivity contribution >= 4 is 0 Å². The van der Waals surface area contributed by atoms with Crippen LogP contribution in [0.3, 0.4) is 0 Å².